The minimum atomic E-state index is -0.152. The summed E-state index contributed by atoms with van der Waals surface area (Å²) >= 11 is 0. The zero-order valence-corrected chi connectivity index (χ0v) is 13.8. The highest BCUT2D eigenvalue weighted by Crippen LogP contribution is 2.33. The lowest BCUT2D eigenvalue weighted by molar-refractivity contribution is 0.107. The fraction of sp³-hybridized carbons (Fsp3) is 0.562. The van der Waals surface area contributed by atoms with Gasteiger partial charge in [0.1, 0.15) is 0 Å². The Balaban J connectivity index is 1.90. The second kappa shape index (κ2) is 6.64. The lowest BCUT2D eigenvalue weighted by atomic mass is 10.1. The first kappa shape index (κ1) is 15.9. The number of H-pyrrole nitrogens is 1. The SMILES string of the molecule is CCn1c([C@@H]2C[C@H](OC)CN2Cc2cccnc2C)n[nH]c1=O. The largest absolute Gasteiger partial charge is 0.380 e. The van der Waals surface area contributed by atoms with Crippen molar-refractivity contribution in [3.8, 4) is 0 Å². The summed E-state index contributed by atoms with van der Waals surface area (Å²) in [4.78, 5) is 18.6. The number of aromatic amines is 1. The predicted octanol–water partition coefficient (Wildman–Crippen LogP) is 1.26. The topological polar surface area (TPSA) is 76.0 Å². The number of ether oxygens (including phenoxy) is 1. The van der Waals surface area contributed by atoms with Gasteiger partial charge in [0, 0.05) is 38.6 Å². The molecule has 23 heavy (non-hydrogen) atoms. The molecule has 7 heteroatoms. The number of nitrogens with one attached hydrogen (secondary N) is 1. The Kier molecular flexibility index (Phi) is 4.58. The fourth-order valence-corrected chi connectivity index (χ4v) is 3.27. The molecule has 1 fully saturated rings. The van der Waals surface area contributed by atoms with Gasteiger partial charge in [-0.2, -0.15) is 5.10 Å². The fourth-order valence-electron chi connectivity index (χ4n) is 3.27. The van der Waals surface area contributed by atoms with E-state index in [1.165, 1.54) is 5.56 Å². The lowest BCUT2D eigenvalue weighted by Crippen LogP contribution is -2.28. The molecule has 3 rings (SSSR count). The van der Waals surface area contributed by atoms with E-state index in [-0.39, 0.29) is 17.8 Å². The molecule has 1 aliphatic heterocycles. The summed E-state index contributed by atoms with van der Waals surface area (Å²) in [6, 6.07) is 4.12. The van der Waals surface area contributed by atoms with Gasteiger partial charge >= 0.3 is 5.69 Å². The monoisotopic (exact) mass is 317 g/mol. The average molecular weight is 317 g/mol. The maximum atomic E-state index is 11.9. The van der Waals surface area contributed by atoms with E-state index >= 15 is 0 Å². The third-order valence-corrected chi connectivity index (χ3v) is 4.59. The van der Waals surface area contributed by atoms with E-state index in [4.69, 9.17) is 4.74 Å². The number of methoxy groups -OCH3 is 1. The van der Waals surface area contributed by atoms with Gasteiger partial charge in [0.15, 0.2) is 5.82 Å². The third kappa shape index (κ3) is 3.07. The van der Waals surface area contributed by atoms with Gasteiger partial charge in [-0.1, -0.05) is 6.07 Å². The molecular formula is C16H23N5O2. The molecule has 1 saturated heterocycles. The van der Waals surface area contributed by atoms with Gasteiger partial charge in [0.2, 0.25) is 0 Å². The number of hydrogen-bond acceptors (Lipinski definition) is 5. The summed E-state index contributed by atoms with van der Waals surface area (Å²) in [5, 5.41) is 6.84. The normalized spacial score (nSPS) is 21.9. The summed E-state index contributed by atoms with van der Waals surface area (Å²) in [5.41, 5.74) is 2.07. The van der Waals surface area contributed by atoms with E-state index in [0.717, 1.165) is 31.0 Å². The molecule has 2 aromatic heterocycles. The smallest absolute Gasteiger partial charge is 0.343 e. The maximum Gasteiger partial charge on any atom is 0.343 e. The maximum absolute atomic E-state index is 11.9. The first-order valence-corrected chi connectivity index (χ1v) is 7.96. The first-order valence-electron chi connectivity index (χ1n) is 7.96. The minimum Gasteiger partial charge on any atom is -0.380 e. The van der Waals surface area contributed by atoms with Crippen molar-refractivity contribution in [3.63, 3.8) is 0 Å². The second-order valence-electron chi connectivity index (χ2n) is 5.92. The minimum absolute atomic E-state index is 0.0680. The number of rotatable bonds is 5. The van der Waals surface area contributed by atoms with Gasteiger partial charge in [0.25, 0.3) is 0 Å². The zero-order chi connectivity index (χ0) is 16.4. The summed E-state index contributed by atoms with van der Waals surface area (Å²) in [5.74, 6) is 0.790. The molecule has 0 unspecified atom stereocenters. The molecule has 2 atom stereocenters. The van der Waals surface area contributed by atoms with Gasteiger partial charge < -0.3 is 4.74 Å². The van der Waals surface area contributed by atoms with Crippen LogP contribution in [0.15, 0.2) is 23.1 Å². The Labute approximate surface area is 135 Å². The molecule has 1 N–H and O–H groups in total. The van der Waals surface area contributed by atoms with Crippen molar-refractivity contribution in [2.45, 2.75) is 45.5 Å². The van der Waals surface area contributed by atoms with Crippen molar-refractivity contribution in [3.05, 3.63) is 45.9 Å². The highest BCUT2D eigenvalue weighted by Gasteiger charge is 2.36. The van der Waals surface area contributed by atoms with Gasteiger partial charge in [-0.05, 0) is 31.9 Å². The highest BCUT2D eigenvalue weighted by molar-refractivity contribution is 5.19. The Morgan fingerprint density at radius 1 is 1.48 bits per heavy atom. The van der Waals surface area contributed by atoms with Crippen LogP contribution >= 0.6 is 0 Å². The van der Waals surface area contributed by atoms with Crippen molar-refractivity contribution in [1.82, 2.24) is 24.6 Å². The van der Waals surface area contributed by atoms with Crippen LogP contribution in [-0.2, 0) is 17.8 Å². The molecule has 0 bridgehead atoms. The Bertz CT molecular complexity index is 723. The number of aromatic nitrogens is 4. The molecule has 2 aromatic rings. The van der Waals surface area contributed by atoms with Crippen LogP contribution in [0.4, 0.5) is 0 Å². The van der Waals surface area contributed by atoms with Gasteiger partial charge in [-0.15, -0.1) is 0 Å². The van der Waals surface area contributed by atoms with Crippen LogP contribution in [-0.4, -0.2) is 44.4 Å². The molecule has 0 amide bonds. The number of aryl methyl sites for hydroxylation is 1. The zero-order valence-electron chi connectivity index (χ0n) is 13.8. The van der Waals surface area contributed by atoms with Gasteiger partial charge in [0.05, 0.1) is 12.1 Å². The van der Waals surface area contributed by atoms with E-state index in [2.05, 4.69) is 26.1 Å². The molecule has 0 spiro atoms. The van der Waals surface area contributed by atoms with Crippen LogP contribution in [0, 0.1) is 6.92 Å². The Hall–Kier alpha value is -1.99. The molecule has 3 heterocycles. The summed E-state index contributed by atoms with van der Waals surface area (Å²) in [7, 11) is 1.73. The number of pyridine rings is 1. The molecule has 0 saturated carbocycles. The van der Waals surface area contributed by atoms with Crippen LogP contribution in [0.1, 0.15) is 36.5 Å². The van der Waals surface area contributed by atoms with Crippen molar-refractivity contribution < 1.29 is 4.74 Å². The second-order valence-corrected chi connectivity index (χ2v) is 5.92. The molecule has 1 aliphatic rings. The van der Waals surface area contributed by atoms with Crippen molar-refractivity contribution in [1.29, 1.82) is 0 Å². The molecule has 124 valence electrons. The van der Waals surface area contributed by atoms with E-state index in [1.54, 1.807) is 17.9 Å². The Morgan fingerprint density at radius 2 is 2.30 bits per heavy atom. The van der Waals surface area contributed by atoms with E-state index in [9.17, 15) is 4.79 Å². The molecule has 0 radical (unpaired) electrons. The number of hydrogen-bond donors (Lipinski definition) is 1. The summed E-state index contributed by atoms with van der Waals surface area (Å²) in [6.07, 6.45) is 2.79. The van der Waals surface area contributed by atoms with Crippen molar-refractivity contribution >= 4 is 0 Å². The van der Waals surface area contributed by atoms with Crippen LogP contribution in [0.5, 0.6) is 0 Å². The van der Waals surface area contributed by atoms with E-state index in [1.807, 2.05) is 19.9 Å². The van der Waals surface area contributed by atoms with Crippen LogP contribution in [0.2, 0.25) is 0 Å². The molecule has 7 nitrogen and oxygen atoms in total. The lowest BCUT2D eigenvalue weighted by Gasteiger charge is -2.24. The number of likely N-dealkylation sites (tertiary alicyclic amines) is 1. The molecule has 0 aromatic carbocycles. The summed E-state index contributed by atoms with van der Waals surface area (Å²) < 4.78 is 7.26. The van der Waals surface area contributed by atoms with Gasteiger partial charge in [-0.25, -0.2) is 9.89 Å². The Morgan fingerprint density at radius 3 is 3.00 bits per heavy atom. The average Bonchev–Trinajstić information content (AvgIpc) is 3.12. The van der Waals surface area contributed by atoms with Crippen molar-refractivity contribution in [2.24, 2.45) is 0 Å². The van der Waals surface area contributed by atoms with Crippen LogP contribution < -0.4 is 5.69 Å². The van der Waals surface area contributed by atoms with Crippen molar-refractivity contribution in [2.75, 3.05) is 13.7 Å². The standard InChI is InChI=1S/C16H23N5O2/c1-4-21-15(18-19-16(21)22)14-8-13(23-3)10-20(14)9-12-6-5-7-17-11(12)2/h5-7,13-14H,4,8-10H2,1-3H3,(H,19,22)/t13-,14-/m0/s1. The van der Waals surface area contributed by atoms with E-state index in [0.29, 0.717) is 6.54 Å². The third-order valence-electron chi connectivity index (χ3n) is 4.59. The molecular weight excluding hydrogens is 294 g/mol. The predicted molar refractivity (Wildman–Crippen MR) is 86.1 cm³/mol. The van der Waals surface area contributed by atoms with Crippen LogP contribution in [0.25, 0.3) is 0 Å². The van der Waals surface area contributed by atoms with E-state index < -0.39 is 0 Å². The number of nitrogens with zero attached hydrogens (tertiary/aromatic N) is 4. The first-order chi connectivity index (χ1) is 11.1. The highest BCUT2D eigenvalue weighted by atomic mass is 16.5. The molecule has 0 aliphatic carbocycles. The van der Waals surface area contributed by atoms with Gasteiger partial charge in [-0.3, -0.25) is 14.5 Å². The summed E-state index contributed by atoms with van der Waals surface area (Å²) in [6.45, 7) is 6.18. The quantitative estimate of drug-likeness (QED) is 0.898. The van der Waals surface area contributed by atoms with Crippen LogP contribution in [0.3, 0.4) is 0 Å².